The van der Waals surface area contributed by atoms with Crippen molar-refractivity contribution in [2.75, 3.05) is 26.2 Å². The van der Waals surface area contributed by atoms with E-state index < -0.39 is 0 Å². The topological polar surface area (TPSA) is 35.6 Å². The van der Waals surface area contributed by atoms with Gasteiger partial charge in [0.05, 0.1) is 0 Å². The molecule has 0 aromatic carbocycles. The summed E-state index contributed by atoms with van der Waals surface area (Å²) in [7, 11) is 0. The highest BCUT2D eigenvalue weighted by Gasteiger charge is 2.32. The lowest BCUT2D eigenvalue weighted by Gasteiger charge is -2.37. The van der Waals surface area contributed by atoms with Crippen molar-refractivity contribution in [3.05, 3.63) is 0 Å². The van der Waals surface area contributed by atoms with E-state index in [2.05, 4.69) is 17.1 Å². The van der Waals surface area contributed by atoms with Gasteiger partial charge in [-0.05, 0) is 52.1 Å². The molecule has 1 amide bonds. The number of nitrogens with one attached hydrogen (secondary N) is 1. The second-order valence-corrected chi connectivity index (χ2v) is 6.56. The average Bonchev–Trinajstić information content (AvgIpc) is 2.98. The second-order valence-electron chi connectivity index (χ2n) is 6.56. The van der Waals surface area contributed by atoms with E-state index in [1.165, 1.54) is 38.8 Å². The third kappa shape index (κ3) is 3.11. The zero-order valence-corrected chi connectivity index (χ0v) is 12.1. The molecular weight excluding hydrogens is 238 g/mol. The Balaban J connectivity index is 1.44. The van der Waals surface area contributed by atoms with Gasteiger partial charge in [0.2, 0.25) is 5.91 Å². The summed E-state index contributed by atoms with van der Waals surface area (Å²) < 4.78 is 0. The van der Waals surface area contributed by atoms with E-state index in [1.807, 2.05) is 4.90 Å². The lowest BCUT2D eigenvalue weighted by Crippen LogP contribution is -2.50. The molecule has 3 atom stereocenters. The number of fused-ring (bicyclic) bond motifs is 1. The highest BCUT2D eigenvalue weighted by molar-refractivity contribution is 5.78. The van der Waals surface area contributed by atoms with Gasteiger partial charge < -0.3 is 15.1 Å². The number of carbonyl (C=O) groups excluding carboxylic acids is 1. The van der Waals surface area contributed by atoms with Crippen LogP contribution in [-0.2, 0) is 4.79 Å². The zero-order chi connectivity index (χ0) is 13.2. The SMILES string of the molecule is CC(CN1CCCC1=O)NC1CCN2CCCC2C1. The number of likely N-dealkylation sites (tertiary alicyclic amines) is 1. The standard InChI is InChI=1S/C15H27N3O/c1-12(11-18-8-3-5-15(18)19)16-13-6-9-17-7-2-4-14(17)10-13/h12-14,16H,2-11H2,1H3. The molecule has 3 saturated heterocycles. The Bertz CT molecular complexity index is 333. The average molecular weight is 265 g/mol. The molecule has 1 N–H and O–H groups in total. The molecule has 0 aliphatic carbocycles. The summed E-state index contributed by atoms with van der Waals surface area (Å²) in [6, 6.07) is 1.92. The Morgan fingerprint density at radius 3 is 2.95 bits per heavy atom. The number of piperidine rings is 1. The maximum Gasteiger partial charge on any atom is 0.222 e. The number of hydrogen-bond donors (Lipinski definition) is 1. The van der Waals surface area contributed by atoms with Gasteiger partial charge in [0.15, 0.2) is 0 Å². The molecule has 19 heavy (non-hydrogen) atoms. The predicted molar refractivity (Wildman–Crippen MR) is 76.0 cm³/mol. The predicted octanol–water partition coefficient (Wildman–Crippen LogP) is 1.21. The van der Waals surface area contributed by atoms with Crippen LogP contribution in [0.1, 0.15) is 45.4 Å². The molecule has 0 bridgehead atoms. The van der Waals surface area contributed by atoms with E-state index in [9.17, 15) is 4.79 Å². The van der Waals surface area contributed by atoms with Gasteiger partial charge in [0.25, 0.3) is 0 Å². The van der Waals surface area contributed by atoms with Crippen molar-refractivity contribution in [1.29, 1.82) is 0 Å². The Hall–Kier alpha value is -0.610. The smallest absolute Gasteiger partial charge is 0.222 e. The van der Waals surface area contributed by atoms with E-state index in [0.717, 1.165) is 32.0 Å². The molecule has 0 aromatic heterocycles. The van der Waals surface area contributed by atoms with Gasteiger partial charge in [-0.15, -0.1) is 0 Å². The molecule has 4 nitrogen and oxygen atoms in total. The van der Waals surface area contributed by atoms with Crippen LogP contribution in [-0.4, -0.2) is 60.0 Å². The Morgan fingerprint density at radius 1 is 1.26 bits per heavy atom. The number of amides is 1. The Morgan fingerprint density at radius 2 is 2.16 bits per heavy atom. The van der Waals surface area contributed by atoms with Crippen LogP contribution < -0.4 is 5.32 Å². The summed E-state index contributed by atoms with van der Waals surface area (Å²) in [6.45, 7) is 6.66. The number of carbonyl (C=O) groups is 1. The minimum atomic E-state index is 0.347. The monoisotopic (exact) mass is 265 g/mol. The molecule has 3 aliphatic heterocycles. The van der Waals surface area contributed by atoms with Gasteiger partial charge in [-0.1, -0.05) is 0 Å². The molecule has 3 fully saturated rings. The van der Waals surface area contributed by atoms with Crippen LogP contribution in [0, 0.1) is 0 Å². The third-order valence-electron chi connectivity index (χ3n) is 5.01. The minimum Gasteiger partial charge on any atom is -0.341 e. The van der Waals surface area contributed by atoms with E-state index in [-0.39, 0.29) is 0 Å². The highest BCUT2D eigenvalue weighted by Crippen LogP contribution is 2.27. The normalized spacial score (nSPS) is 33.7. The molecule has 0 spiro atoms. The van der Waals surface area contributed by atoms with Crippen LogP contribution in [0.2, 0.25) is 0 Å². The second kappa shape index (κ2) is 5.80. The van der Waals surface area contributed by atoms with Crippen molar-refractivity contribution in [2.45, 2.75) is 63.6 Å². The number of hydrogen-bond acceptors (Lipinski definition) is 3. The number of rotatable bonds is 4. The summed E-state index contributed by atoms with van der Waals surface area (Å²) in [4.78, 5) is 16.3. The quantitative estimate of drug-likeness (QED) is 0.830. The van der Waals surface area contributed by atoms with E-state index in [1.54, 1.807) is 0 Å². The first-order chi connectivity index (χ1) is 9.22. The fourth-order valence-corrected chi connectivity index (χ4v) is 4.06. The van der Waals surface area contributed by atoms with Gasteiger partial charge in [-0.2, -0.15) is 0 Å². The summed E-state index contributed by atoms with van der Waals surface area (Å²) in [5.74, 6) is 0.347. The molecule has 3 aliphatic rings. The van der Waals surface area contributed by atoms with E-state index in [0.29, 0.717) is 18.0 Å². The highest BCUT2D eigenvalue weighted by atomic mass is 16.2. The van der Waals surface area contributed by atoms with Gasteiger partial charge >= 0.3 is 0 Å². The van der Waals surface area contributed by atoms with Crippen LogP contribution >= 0.6 is 0 Å². The fraction of sp³-hybridized carbons (Fsp3) is 0.933. The molecule has 0 aromatic rings. The summed E-state index contributed by atoms with van der Waals surface area (Å²) >= 11 is 0. The van der Waals surface area contributed by atoms with Gasteiger partial charge in [0, 0.05) is 37.6 Å². The van der Waals surface area contributed by atoms with Crippen LogP contribution in [0.5, 0.6) is 0 Å². The molecule has 3 unspecified atom stereocenters. The fourth-order valence-electron chi connectivity index (χ4n) is 4.06. The van der Waals surface area contributed by atoms with Crippen molar-refractivity contribution in [2.24, 2.45) is 0 Å². The molecule has 3 rings (SSSR count). The first-order valence-corrected chi connectivity index (χ1v) is 8.00. The van der Waals surface area contributed by atoms with Crippen molar-refractivity contribution in [3.8, 4) is 0 Å². The molecule has 0 radical (unpaired) electrons. The zero-order valence-electron chi connectivity index (χ0n) is 12.1. The summed E-state index contributed by atoms with van der Waals surface area (Å²) in [6.07, 6.45) is 7.15. The largest absolute Gasteiger partial charge is 0.341 e. The van der Waals surface area contributed by atoms with Gasteiger partial charge in [-0.25, -0.2) is 0 Å². The van der Waals surface area contributed by atoms with Crippen molar-refractivity contribution in [1.82, 2.24) is 15.1 Å². The Labute approximate surface area is 116 Å². The maximum absolute atomic E-state index is 11.6. The minimum absolute atomic E-state index is 0.347. The summed E-state index contributed by atoms with van der Waals surface area (Å²) in [5.41, 5.74) is 0. The lowest BCUT2D eigenvalue weighted by atomic mass is 9.97. The van der Waals surface area contributed by atoms with Crippen LogP contribution in [0.15, 0.2) is 0 Å². The van der Waals surface area contributed by atoms with E-state index >= 15 is 0 Å². The van der Waals surface area contributed by atoms with Crippen LogP contribution in [0.3, 0.4) is 0 Å². The molecule has 3 heterocycles. The van der Waals surface area contributed by atoms with Crippen molar-refractivity contribution < 1.29 is 4.79 Å². The van der Waals surface area contributed by atoms with Gasteiger partial charge in [-0.3, -0.25) is 4.79 Å². The van der Waals surface area contributed by atoms with Crippen LogP contribution in [0.4, 0.5) is 0 Å². The summed E-state index contributed by atoms with van der Waals surface area (Å²) in [5, 5.41) is 3.76. The molecular formula is C15H27N3O. The lowest BCUT2D eigenvalue weighted by molar-refractivity contribution is -0.128. The first kappa shape index (κ1) is 13.4. The van der Waals surface area contributed by atoms with Crippen molar-refractivity contribution >= 4 is 5.91 Å². The van der Waals surface area contributed by atoms with Crippen molar-refractivity contribution in [3.63, 3.8) is 0 Å². The third-order valence-corrected chi connectivity index (χ3v) is 5.01. The molecule has 108 valence electrons. The maximum atomic E-state index is 11.6. The van der Waals surface area contributed by atoms with E-state index in [4.69, 9.17) is 0 Å². The Kier molecular flexibility index (Phi) is 4.08. The first-order valence-electron chi connectivity index (χ1n) is 8.00. The van der Waals surface area contributed by atoms with Crippen LogP contribution in [0.25, 0.3) is 0 Å². The molecule has 4 heteroatoms. The van der Waals surface area contributed by atoms with Gasteiger partial charge in [0.1, 0.15) is 0 Å². The molecule has 0 saturated carbocycles. The number of nitrogens with zero attached hydrogens (tertiary/aromatic N) is 2.